The predicted octanol–water partition coefficient (Wildman–Crippen LogP) is 1.82. The van der Waals surface area contributed by atoms with E-state index in [1.165, 1.54) is 12.8 Å². The Hall–Kier alpha value is -2.26. The molecule has 0 atom stereocenters. The van der Waals surface area contributed by atoms with Crippen LogP contribution in [0.5, 0.6) is 0 Å². The Bertz CT molecular complexity index is 709. The Balaban J connectivity index is 1.56. The molecule has 2 aromatic rings. The molecule has 4 rings (SSSR count). The van der Waals surface area contributed by atoms with Crippen molar-refractivity contribution in [2.24, 2.45) is 5.10 Å². The van der Waals surface area contributed by atoms with Crippen LogP contribution in [0.3, 0.4) is 0 Å². The van der Waals surface area contributed by atoms with Crippen molar-refractivity contribution in [2.75, 3.05) is 54.6 Å². The van der Waals surface area contributed by atoms with Crippen molar-refractivity contribution in [1.82, 2.24) is 15.0 Å². The maximum atomic E-state index is 5.43. The fourth-order valence-electron chi connectivity index (χ4n) is 2.89. The molecule has 0 amide bonds. The molecule has 0 radical (unpaired) electrons. The van der Waals surface area contributed by atoms with E-state index in [4.69, 9.17) is 4.74 Å². The second-order valence-corrected chi connectivity index (χ2v) is 6.92. The van der Waals surface area contributed by atoms with Gasteiger partial charge in [-0.3, -0.25) is 0 Å². The van der Waals surface area contributed by atoms with Gasteiger partial charge >= 0.3 is 0 Å². The highest BCUT2D eigenvalue weighted by molar-refractivity contribution is 7.11. The van der Waals surface area contributed by atoms with E-state index in [2.05, 4.69) is 35.3 Å². The highest BCUT2D eigenvalue weighted by Gasteiger charge is 2.20. The van der Waals surface area contributed by atoms with Crippen LogP contribution in [0.2, 0.25) is 0 Å². The molecule has 0 aliphatic carbocycles. The summed E-state index contributed by atoms with van der Waals surface area (Å²) in [5.41, 5.74) is 2.96. The van der Waals surface area contributed by atoms with Crippen LogP contribution in [0, 0.1) is 0 Å². The zero-order chi connectivity index (χ0) is 16.9. The lowest BCUT2D eigenvalue weighted by atomic mass is 10.4. The summed E-state index contributed by atoms with van der Waals surface area (Å²) in [5.74, 6) is 1.89. The summed E-state index contributed by atoms with van der Waals surface area (Å²) in [6.07, 6.45) is 4.13. The number of rotatable bonds is 5. The molecule has 1 N–H and O–H groups in total. The smallest absolute Gasteiger partial charge is 0.250 e. The van der Waals surface area contributed by atoms with E-state index in [1.54, 1.807) is 17.6 Å². The number of nitrogens with zero attached hydrogens (tertiary/aromatic N) is 6. The maximum Gasteiger partial charge on any atom is 0.250 e. The number of hydrazone groups is 1. The van der Waals surface area contributed by atoms with E-state index in [0.29, 0.717) is 25.1 Å². The molecule has 0 spiro atoms. The van der Waals surface area contributed by atoms with Crippen molar-refractivity contribution in [1.29, 1.82) is 0 Å². The van der Waals surface area contributed by atoms with Crippen LogP contribution in [0.4, 0.5) is 17.8 Å². The first-order chi connectivity index (χ1) is 12.4. The van der Waals surface area contributed by atoms with Gasteiger partial charge in [-0.25, -0.2) is 5.43 Å². The molecule has 4 heterocycles. The fourth-order valence-corrected chi connectivity index (χ4v) is 3.47. The van der Waals surface area contributed by atoms with Crippen LogP contribution in [0.15, 0.2) is 22.6 Å². The van der Waals surface area contributed by atoms with E-state index in [0.717, 1.165) is 37.0 Å². The molecule has 132 valence electrons. The maximum absolute atomic E-state index is 5.43. The zero-order valence-corrected chi connectivity index (χ0v) is 14.8. The van der Waals surface area contributed by atoms with E-state index in [1.807, 2.05) is 17.5 Å². The van der Waals surface area contributed by atoms with Gasteiger partial charge in [0.2, 0.25) is 17.8 Å². The molecule has 2 aliphatic heterocycles. The lowest BCUT2D eigenvalue weighted by molar-refractivity contribution is 0.122. The number of hydrogen-bond acceptors (Lipinski definition) is 9. The predicted molar refractivity (Wildman–Crippen MR) is 99.8 cm³/mol. The molecule has 0 saturated carbocycles. The summed E-state index contributed by atoms with van der Waals surface area (Å²) < 4.78 is 5.43. The first-order valence-corrected chi connectivity index (χ1v) is 9.43. The van der Waals surface area contributed by atoms with E-state index >= 15 is 0 Å². The van der Waals surface area contributed by atoms with Crippen LogP contribution < -0.4 is 15.2 Å². The second-order valence-electron chi connectivity index (χ2n) is 5.94. The minimum atomic E-state index is 0.478. The normalized spacial score (nSPS) is 18.2. The minimum Gasteiger partial charge on any atom is -0.378 e. The fraction of sp³-hybridized carbons (Fsp3) is 0.500. The highest BCUT2D eigenvalue weighted by Crippen LogP contribution is 2.21. The van der Waals surface area contributed by atoms with Gasteiger partial charge in [0.25, 0.3) is 0 Å². The van der Waals surface area contributed by atoms with E-state index in [9.17, 15) is 0 Å². The molecule has 0 aromatic carbocycles. The van der Waals surface area contributed by atoms with Crippen molar-refractivity contribution < 1.29 is 4.74 Å². The number of ether oxygens (including phenoxy) is 1. The van der Waals surface area contributed by atoms with Crippen molar-refractivity contribution in [3.8, 4) is 0 Å². The largest absolute Gasteiger partial charge is 0.378 e. The molecule has 2 saturated heterocycles. The number of hydrogen-bond donors (Lipinski definition) is 1. The quantitative estimate of drug-likeness (QED) is 0.644. The van der Waals surface area contributed by atoms with Crippen LogP contribution in [0.1, 0.15) is 17.7 Å². The van der Waals surface area contributed by atoms with Crippen LogP contribution in [-0.2, 0) is 4.74 Å². The summed E-state index contributed by atoms with van der Waals surface area (Å²) in [7, 11) is 0. The first-order valence-electron chi connectivity index (χ1n) is 8.55. The van der Waals surface area contributed by atoms with Gasteiger partial charge in [0.1, 0.15) is 0 Å². The molecule has 8 nitrogen and oxygen atoms in total. The third kappa shape index (κ3) is 4.05. The Morgan fingerprint density at radius 2 is 1.76 bits per heavy atom. The molecule has 0 bridgehead atoms. The Labute approximate surface area is 150 Å². The van der Waals surface area contributed by atoms with Crippen molar-refractivity contribution in [3.05, 3.63) is 22.4 Å². The first kappa shape index (κ1) is 16.2. The monoisotopic (exact) mass is 359 g/mol. The second kappa shape index (κ2) is 7.75. The summed E-state index contributed by atoms with van der Waals surface area (Å²) in [6.45, 7) is 4.96. The lowest BCUT2D eigenvalue weighted by Gasteiger charge is -2.27. The number of aromatic nitrogens is 3. The van der Waals surface area contributed by atoms with Gasteiger partial charge in [-0.15, -0.1) is 11.3 Å². The summed E-state index contributed by atoms with van der Waals surface area (Å²) in [5, 5.41) is 6.28. The molecule has 25 heavy (non-hydrogen) atoms. The third-order valence-electron chi connectivity index (χ3n) is 4.19. The third-order valence-corrected chi connectivity index (χ3v) is 5.00. The van der Waals surface area contributed by atoms with Crippen LogP contribution in [0.25, 0.3) is 0 Å². The van der Waals surface area contributed by atoms with Crippen LogP contribution >= 0.6 is 11.3 Å². The average molecular weight is 359 g/mol. The molecule has 2 aliphatic rings. The van der Waals surface area contributed by atoms with Gasteiger partial charge in [0.05, 0.1) is 19.4 Å². The van der Waals surface area contributed by atoms with Crippen molar-refractivity contribution in [2.45, 2.75) is 12.8 Å². The summed E-state index contributed by atoms with van der Waals surface area (Å²) >= 11 is 1.63. The van der Waals surface area contributed by atoms with E-state index in [-0.39, 0.29) is 0 Å². The Morgan fingerprint density at radius 1 is 1.04 bits per heavy atom. The molecule has 2 aromatic heterocycles. The number of anilines is 3. The van der Waals surface area contributed by atoms with Crippen molar-refractivity contribution >= 4 is 35.4 Å². The highest BCUT2D eigenvalue weighted by atomic mass is 32.1. The Morgan fingerprint density at radius 3 is 2.44 bits per heavy atom. The number of thiophene rings is 1. The summed E-state index contributed by atoms with van der Waals surface area (Å²) in [6, 6.07) is 4.01. The SMILES string of the molecule is C(=N/Nc1nc(N2CCCC2)nc(N2CCOCC2)n1)/c1cccs1. The Kier molecular flexibility index (Phi) is 5.03. The lowest BCUT2D eigenvalue weighted by Crippen LogP contribution is -2.38. The molecule has 0 unspecified atom stereocenters. The van der Waals surface area contributed by atoms with Crippen LogP contribution in [-0.4, -0.2) is 60.6 Å². The number of nitrogens with one attached hydrogen (secondary N) is 1. The van der Waals surface area contributed by atoms with Gasteiger partial charge in [-0.2, -0.15) is 20.1 Å². The van der Waals surface area contributed by atoms with Gasteiger partial charge in [0, 0.05) is 31.1 Å². The topological polar surface area (TPSA) is 78.8 Å². The van der Waals surface area contributed by atoms with E-state index < -0.39 is 0 Å². The molecule has 2 fully saturated rings. The molecular formula is C16H21N7OS. The standard InChI is InChI=1S/C16H21N7OS/c1-2-6-22(5-1)15-18-14(21-17-12-13-4-3-11-25-13)19-16(20-15)23-7-9-24-10-8-23/h3-4,11-12H,1-2,5-10H2,(H,18,19,20,21)/b17-12-. The number of morpholine rings is 1. The minimum absolute atomic E-state index is 0.478. The zero-order valence-electron chi connectivity index (χ0n) is 14.0. The summed E-state index contributed by atoms with van der Waals surface area (Å²) in [4.78, 5) is 19.2. The van der Waals surface area contributed by atoms with Gasteiger partial charge in [-0.05, 0) is 24.3 Å². The van der Waals surface area contributed by atoms with Gasteiger partial charge in [0.15, 0.2) is 0 Å². The van der Waals surface area contributed by atoms with Gasteiger partial charge in [-0.1, -0.05) is 6.07 Å². The molecular weight excluding hydrogens is 338 g/mol. The molecule has 9 heteroatoms. The van der Waals surface area contributed by atoms with Crippen molar-refractivity contribution in [3.63, 3.8) is 0 Å². The van der Waals surface area contributed by atoms with Gasteiger partial charge < -0.3 is 14.5 Å². The average Bonchev–Trinajstić information content (AvgIpc) is 3.36.